The van der Waals surface area contributed by atoms with Crippen molar-refractivity contribution in [1.29, 1.82) is 0 Å². The minimum atomic E-state index is -1.08. The number of aliphatic carboxylic acids is 1. The lowest BCUT2D eigenvalue weighted by Gasteiger charge is -2.10. The number of anilines is 1. The van der Waals surface area contributed by atoms with Crippen molar-refractivity contribution in [2.24, 2.45) is 5.73 Å². The van der Waals surface area contributed by atoms with Gasteiger partial charge in [-0.3, -0.25) is 9.59 Å². The molecular weight excluding hydrogens is 256 g/mol. The summed E-state index contributed by atoms with van der Waals surface area (Å²) in [6.07, 6.45) is 4.21. The fourth-order valence-electron chi connectivity index (χ4n) is 1.85. The molecule has 0 saturated carbocycles. The predicted octanol–water partition coefficient (Wildman–Crippen LogP) is 2.16. The van der Waals surface area contributed by atoms with E-state index in [4.69, 9.17) is 10.8 Å². The lowest BCUT2D eigenvalue weighted by molar-refractivity contribution is -0.138. The molecule has 1 aromatic rings. The van der Waals surface area contributed by atoms with Gasteiger partial charge in [0.25, 0.3) is 0 Å². The summed E-state index contributed by atoms with van der Waals surface area (Å²) in [7, 11) is 0. The second-order valence-corrected chi connectivity index (χ2v) is 4.85. The quantitative estimate of drug-likeness (QED) is 0.635. The first kappa shape index (κ1) is 16.2. The van der Waals surface area contributed by atoms with Crippen LogP contribution in [0.1, 0.15) is 38.2 Å². The van der Waals surface area contributed by atoms with Crippen molar-refractivity contribution in [3.05, 3.63) is 29.8 Å². The molecule has 0 heterocycles. The maximum atomic E-state index is 11.6. The van der Waals surface area contributed by atoms with E-state index in [-0.39, 0.29) is 6.42 Å². The zero-order valence-corrected chi connectivity index (χ0v) is 11.8. The average molecular weight is 278 g/mol. The van der Waals surface area contributed by atoms with Crippen LogP contribution >= 0.6 is 0 Å². The zero-order chi connectivity index (χ0) is 15.0. The molecule has 0 fully saturated rings. The van der Waals surface area contributed by atoms with Gasteiger partial charge in [-0.05, 0) is 30.5 Å². The standard InChI is InChI=1S/C15H22N2O3/c1-2-3-4-5-11-6-8-12(9-7-11)17-15(20)13(16)10-14(18)19/h6-9,13H,2-5,10,16H2,1H3,(H,17,20)(H,18,19). The van der Waals surface area contributed by atoms with Crippen molar-refractivity contribution >= 4 is 17.6 Å². The Kier molecular flexibility index (Phi) is 6.73. The summed E-state index contributed by atoms with van der Waals surface area (Å²) in [4.78, 5) is 22.1. The van der Waals surface area contributed by atoms with Gasteiger partial charge in [-0.1, -0.05) is 31.9 Å². The van der Waals surface area contributed by atoms with E-state index < -0.39 is 17.9 Å². The second-order valence-electron chi connectivity index (χ2n) is 4.85. The zero-order valence-electron chi connectivity index (χ0n) is 11.8. The highest BCUT2D eigenvalue weighted by Crippen LogP contribution is 2.12. The van der Waals surface area contributed by atoms with E-state index in [0.29, 0.717) is 5.69 Å². The molecule has 0 spiro atoms. The van der Waals surface area contributed by atoms with Crippen molar-refractivity contribution < 1.29 is 14.7 Å². The van der Waals surface area contributed by atoms with Crippen LogP contribution in [0.3, 0.4) is 0 Å². The Labute approximate surface area is 119 Å². The Balaban J connectivity index is 2.48. The highest BCUT2D eigenvalue weighted by molar-refractivity contribution is 5.96. The first-order valence-corrected chi connectivity index (χ1v) is 6.90. The molecule has 20 heavy (non-hydrogen) atoms. The van der Waals surface area contributed by atoms with Gasteiger partial charge >= 0.3 is 5.97 Å². The number of carboxylic acids is 1. The van der Waals surface area contributed by atoms with Gasteiger partial charge in [0.15, 0.2) is 0 Å². The third-order valence-corrected chi connectivity index (χ3v) is 3.02. The molecule has 1 unspecified atom stereocenters. The number of hydrogen-bond acceptors (Lipinski definition) is 3. The van der Waals surface area contributed by atoms with E-state index in [0.717, 1.165) is 12.8 Å². The fraction of sp³-hybridized carbons (Fsp3) is 0.467. The normalized spacial score (nSPS) is 11.9. The van der Waals surface area contributed by atoms with Crippen LogP contribution in [-0.4, -0.2) is 23.0 Å². The third kappa shape index (κ3) is 5.84. The van der Waals surface area contributed by atoms with Crippen LogP contribution in [0.2, 0.25) is 0 Å². The van der Waals surface area contributed by atoms with Crippen LogP contribution in [0.5, 0.6) is 0 Å². The van der Waals surface area contributed by atoms with Crippen molar-refractivity contribution in [3.63, 3.8) is 0 Å². The first-order valence-electron chi connectivity index (χ1n) is 6.90. The number of rotatable bonds is 8. The van der Waals surface area contributed by atoms with Crippen LogP contribution in [-0.2, 0) is 16.0 Å². The Morgan fingerprint density at radius 2 is 1.90 bits per heavy atom. The van der Waals surface area contributed by atoms with Gasteiger partial charge in [0.1, 0.15) is 0 Å². The molecule has 4 N–H and O–H groups in total. The van der Waals surface area contributed by atoms with Gasteiger partial charge in [-0.15, -0.1) is 0 Å². The lowest BCUT2D eigenvalue weighted by atomic mass is 10.1. The largest absolute Gasteiger partial charge is 0.481 e. The van der Waals surface area contributed by atoms with Crippen LogP contribution < -0.4 is 11.1 Å². The van der Waals surface area contributed by atoms with E-state index in [1.807, 2.05) is 24.3 Å². The van der Waals surface area contributed by atoms with E-state index in [1.54, 1.807) is 0 Å². The van der Waals surface area contributed by atoms with Crippen LogP contribution in [0, 0.1) is 0 Å². The Morgan fingerprint density at radius 1 is 1.25 bits per heavy atom. The average Bonchev–Trinajstić information content (AvgIpc) is 2.40. The number of carbonyl (C=O) groups is 2. The SMILES string of the molecule is CCCCCc1ccc(NC(=O)C(N)CC(=O)O)cc1. The van der Waals surface area contributed by atoms with Crippen LogP contribution in [0.4, 0.5) is 5.69 Å². The summed E-state index contributed by atoms with van der Waals surface area (Å²) in [6.45, 7) is 2.17. The highest BCUT2D eigenvalue weighted by atomic mass is 16.4. The maximum absolute atomic E-state index is 11.6. The summed E-state index contributed by atoms with van der Waals surface area (Å²) in [5, 5.41) is 11.2. The molecule has 1 amide bonds. The van der Waals surface area contributed by atoms with Crippen LogP contribution in [0.15, 0.2) is 24.3 Å². The van der Waals surface area contributed by atoms with Gasteiger partial charge in [0, 0.05) is 5.69 Å². The summed E-state index contributed by atoms with van der Waals surface area (Å²) >= 11 is 0. The molecule has 1 aromatic carbocycles. The molecule has 0 aromatic heterocycles. The Hall–Kier alpha value is -1.88. The van der Waals surface area contributed by atoms with Gasteiger partial charge < -0.3 is 16.2 Å². The molecule has 5 heteroatoms. The van der Waals surface area contributed by atoms with E-state index in [2.05, 4.69) is 12.2 Å². The monoisotopic (exact) mass is 278 g/mol. The molecule has 5 nitrogen and oxygen atoms in total. The minimum Gasteiger partial charge on any atom is -0.481 e. The molecule has 0 saturated heterocycles. The molecular formula is C15H22N2O3. The van der Waals surface area contributed by atoms with E-state index in [9.17, 15) is 9.59 Å². The second kappa shape index (κ2) is 8.32. The number of nitrogens with one attached hydrogen (secondary N) is 1. The summed E-state index contributed by atoms with van der Waals surface area (Å²) in [5.74, 6) is -1.56. The van der Waals surface area contributed by atoms with Crippen molar-refractivity contribution in [3.8, 4) is 0 Å². The number of carbonyl (C=O) groups excluding carboxylic acids is 1. The summed E-state index contributed by atoms with van der Waals surface area (Å²) in [6, 6.07) is 6.53. The maximum Gasteiger partial charge on any atom is 0.305 e. The molecule has 0 aliphatic heterocycles. The predicted molar refractivity (Wildman–Crippen MR) is 78.5 cm³/mol. The van der Waals surface area contributed by atoms with Gasteiger partial charge in [-0.25, -0.2) is 0 Å². The smallest absolute Gasteiger partial charge is 0.305 e. The number of aryl methyl sites for hydroxylation is 1. The summed E-state index contributed by atoms with van der Waals surface area (Å²) in [5.41, 5.74) is 7.35. The molecule has 0 bridgehead atoms. The highest BCUT2D eigenvalue weighted by Gasteiger charge is 2.16. The molecule has 1 rings (SSSR count). The molecule has 0 aliphatic carbocycles. The van der Waals surface area contributed by atoms with E-state index in [1.165, 1.54) is 18.4 Å². The van der Waals surface area contributed by atoms with E-state index >= 15 is 0 Å². The van der Waals surface area contributed by atoms with Crippen molar-refractivity contribution in [2.45, 2.75) is 45.1 Å². The van der Waals surface area contributed by atoms with Gasteiger partial charge in [-0.2, -0.15) is 0 Å². The Bertz CT molecular complexity index is 443. The third-order valence-electron chi connectivity index (χ3n) is 3.02. The fourth-order valence-corrected chi connectivity index (χ4v) is 1.85. The number of nitrogens with two attached hydrogens (primary N) is 1. The van der Waals surface area contributed by atoms with Crippen LogP contribution in [0.25, 0.3) is 0 Å². The minimum absolute atomic E-state index is 0.374. The number of hydrogen-bond donors (Lipinski definition) is 3. The molecule has 1 atom stereocenters. The summed E-state index contributed by atoms with van der Waals surface area (Å²) < 4.78 is 0. The topological polar surface area (TPSA) is 92.4 Å². The van der Waals surface area contributed by atoms with Gasteiger partial charge in [0.05, 0.1) is 12.5 Å². The van der Waals surface area contributed by atoms with Crippen molar-refractivity contribution in [2.75, 3.05) is 5.32 Å². The number of unbranched alkanes of at least 4 members (excludes halogenated alkanes) is 2. The Morgan fingerprint density at radius 3 is 2.45 bits per heavy atom. The number of amides is 1. The molecule has 110 valence electrons. The van der Waals surface area contributed by atoms with Crippen molar-refractivity contribution in [1.82, 2.24) is 0 Å². The molecule has 0 aliphatic rings. The number of carboxylic acid groups (broad SMARTS) is 1. The number of benzene rings is 1. The lowest BCUT2D eigenvalue weighted by Crippen LogP contribution is -2.37. The van der Waals surface area contributed by atoms with Gasteiger partial charge in [0.2, 0.25) is 5.91 Å². The first-order chi connectivity index (χ1) is 9.52. The molecule has 0 radical (unpaired) electrons.